The minimum atomic E-state index is -0.919. The average Bonchev–Trinajstić information content (AvgIpc) is 2.27. The standard InChI is InChI=1S/C15H20ClNO2/c1-8-10(6-7-11(16)13(8)17)12(15(3,4)5)9(2)14(18)19/h6-7H,17H2,1-5H3,(H,18,19). The Morgan fingerprint density at radius 3 is 2.26 bits per heavy atom. The van der Waals surface area contributed by atoms with Crippen molar-refractivity contribution in [2.45, 2.75) is 34.6 Å². The number of hydrogen-bond donors (Lipinski definition) is 2. The van der Waals surface area contributed by atoms with Crippen molar-refractivity contribution in [2.75, 3.05) is 5.73 Å². The number of halogens is 1. The smallest absolute Gasteiger partial charge is 0.331 e. The Morgan fingerprint density at radius 2 is 1.84 bits per heavy atom. The minimum absolute atomic E-state index is 0.298. The van der Waals surface area contributed by atoms with Gasteiger partial charge in [0.15, 0.2) is 0 Å². The van der Waals surface area contributed by atoms with Crippen molar-refractivity contribution < 1.29 is 9.90 Å². The molecule has 0 saturated heterocycles. The lowest BCUT2D eigenvalue weighted by Crippen LogP contribution is -2.15. The first-order valence-corrected chi connectivity index (χ1v) is 6.44. The largest absolute Gasteiger partial charge is 0.478 e. The van der Waals surface area contributed by atoms with Gasteiger partial charge in [0.2, 0.25) is 0 Å². The number of carboxylic acid groups (broad SMARTS) is 1. The Bertz CT molecular complexity index is 554. The Labute approximate surface area is 119 Å². The Balaban J connectivity index is 3.67. The molecular weight excluding hydrogens is 262 g/mol. The van der Waals surface area contributed by atoms with Crippen molar-refractivity contribution in [3.63, 3.8) is 0 Å². The van der Waals surface area contributed by atoms with E-state index in [1.165, 1.54) is 0 Å². The molecule has 1 rings (SSSR count). The molecule has 0 bridgehead atoms. The van der Waals surface area contributed by atoms with Crippen LogP contribution in [0.4, 0.5) is 5.69 Å². The van der Waals surface area contributed by atoms with E-state index in [1.807, 2.05) is 33.8 Å². The summed E-state index contributed by atoms with van der Waals surface area (Å²) in [5.41, 5.74) is 8.91. The Hall–Kier alpha value is -1.48. The molecule has 0 aliphatic heterocycles. The fraction of sp³-hybridized carbons (Fsp3) is 0.400. The molecule has 0 radical (unpaired) electrons. The van der Waals surface area contributed by atoms with Gasteiger partial charge in [0, 0.05) is 5.57 Å². The van der Waals surface area contributed by atoms with Crippen LogP contribution in [0.5, 0.6) is 0 Å². The van der Waals surface area contributed by atoms with Crippen molar-refractivity contribution in [1.82, 2.24) is 0 Å². The number of allylic oxidation sites excluding steroid dienone is 1. The maximum atomic E-state index is 11.3. The monoisotopic (exact) mass is 281 g/mol. The predicted molar refractivity (Wildman–Crippen MR) is 80.3 cm³/mol. The zero-order valence-electron chi connectivity index (χ0n) is 12.0. The number of carboxylic acids is 1. The second-order valence-corrected chi connectivity index (χ2v) is 6.10. The average molecular weight is 282 g/mol. The molecule has 104 valence electrons. The number of nitrogens with two attached hydrogens (primary N) is 1. The van der Waals surface area contributed by atoms with Crippen LogP contribution in [-0.2, 0) is 4.79 Å². The summed E-state index contributed by atoms with van der Waals surface area (Å²) >= 11 is 5.99. The molecule has 1 aromatic carbocycles. The topological polar surface area (TPSA) is 63.3 Å². The number of aliphatic carboxylic acids is 1. The maximum absolute atomic E-state index is 11.3. The highest BCUT2D eigenvalue weighted by atomic mass is 35.5. The van der Waals surface area contributed by atoms with Gasteiger partial charge in [-0.25, -0.2) is 4.79 Å². The van der Waals surface area contributed by atoms with E-state index in [2.05, 4.69) is 0 Å². The SMILES string of the molecule is CC(C(=O)O)=C(c1ccc(Cl)c(N)c1C)C(C)(C)C. The maximum Gasteiger partial charge on any atom is 0.331 e. The highest BCUT2D eigenvalue weighted by Crippen LogP contribution is 2.40. The molecule has 19 heavy (non-hydrogen) atoms. The molecule has 0 amide bonds. The van der Waals surface area contributed by atoms with Crippen molar-refractivity contribution in [3.05, 3.63) is 33.9 Å². The number of hydrogen-bond acceptors (Lipinski definition) is 2. The zero-order valence-corrected chi connectivity index (χ0v) is 12.7. The second kappa shape index (κ2) is 5.25. The van der Waals surface area contributed by atoms with Crippen LogP contribution in [0.15, 0.2) is 17.7 Å². The van der Waals surface area contributed by atoms with E-state index in [-0.39, 0.29) is 5.41 Å². The third-order valence-corrected chi connectivity index (χ3v) is 3.51. The third-order valence-electron chi connectivity index (χ3n) is 3.18. The van der Waals surface area contributed by atoms with Crippen LogP contribution in [0, 0.1) is 12.3 Å². The summed E-state index contributed by atoms with van der Waals surface area (Å²) in [5, 5.41) is 9.77. The van der Waals surface area contributed by atoms with Gasteiger partial charge in [-0.05, 0) is 42.0 Å². The van der Waals surface area contributed by atoms with Crippen LogP contribution in [-0.4, -0.2) is 11.1 Å². The van der Waals surface area contributed by atoms with E-state index < -0.39 is 5.97 Å². The van der Waals surface area contributed by atoms with Crippen molar-refractivity contribution in [1.29, 1.82) is 0 Å². The highest BCUT2D eigenvalue weighted by molar-refractivity contribution is 6.33. The van der Waals surface area contributed by atoms with Crippen LogP contribution in [0.1, 0.15) is 38.8 Å². The first kappa shape index (κ1) is 15.6. The molecule has 1 aromatic rings. The molecule has 0 aromatic heterocycles. The van der Waals surface area contributed by atoms with Gasteiger partial charge in [0.05, 0.1) is 10.7 Å². The Kier molecular flexibility index (Phi) is 4.31. The summed E-state index contributed by atoms with van der Waals surface area (Å²) in [5.74, 6) is -0.919. The van der Waals surface area contributed by atoms with Gasteiger partial charge in [-0.2, -0.15) is 0 Å². The van der Waals surface area contributed by atoms with Crippen LogP contribution < -0.4 is 5.73 Å². The molecule has 0 fully saturated rings. The highest BCUT2D eigenvalue weighted by Gasteiger charge is 2.26. The van der Waals surface area contributed by atoms with Crippen LogP contribution >= 0.6 is 11.6 Å². The van der Waals surface area contributed by atoms with Crippen molar-refractivity contribution in [2.24, 2.45) is 5.41 Å². The van der Waals surface area contributed by atoms with E-state index in [9.17, 15) is 9.90 Å². The molecule has 0 heterocycles. The number of benzene rings is 1. The van der Waals surface area contributed by atoms with Crippen LogP contribution in [0.2, 0.25) is 5.02 Å². The lowest BCUT2D eigenvalue weighted by Gasteiger charge is -2.27. The molecule has 3 N–H and O–H groups in total. The molecule has 0 aliphatic carbocycles. The summed E-state index contributed by atoms with van der Waals surface area (Å²) in [4.78, 5) is 11.3. The molecule has 0 atom stereocenters. The number of rotatable bonds is 2. The fourth-order valence-corrected chi connectivity index (χ4v) is 2.45. The number of anilines is 1. The van der Waals surface area contributed by atoms with Gasteiger partial charge >= 0.3 is 5.97 Å². The lowest BCUT2D eigenvalue weighted by atomic mass is 9.78. The number of carbonyl (C=O) groups is 1. The lowest BCUT2D eigenvalue weighted by molar-refractivity contribution is -0.132. The van der Waals surface area contributed by atoms with Crippen LogP contribution in [0.25, 0.3) is 5.57 Å². The Morgan fingerprint density at radius 1 is 1.32 bits per heavy atom. The van der Waals surface area contributed by atoms with E-state index in [1.54, 1.807) is 13.0 Å². The molecule has 0 spiro atoms. The predicted octanol–water partition coefficient (Wildman–Crippen LogP) is 4.13. The summed E-state index contributed by atoms with van der Waals surface area (Å²) in [6.45, 7) is 9.43. The summed E-state index contributed by atoms with van der Waals surface area (Å²) in [6, 6.07) is 3.54. The summed E-state index contributed by atoms with van der Waals surface area (Å²) < 4.78 is 0. The minimum Gasteiger partial charge on any atom is -0.478 e. The van der Waals surface area contributed by atoms with Gasteiger partial charge in [-0.1, -0.05) is 38.4 Å². The molecule has 0 saturated carbocycles. The van der Waals surface area contributed by atoms with Gasteiger partial charge < -0.3 is 10.8 Å². The molecule has 4 heteroatoms. The molecule has 0 aliphatic rings. The van der Waals surface area contributed by atoms with E-state index >= 15 is 0 Å². The van der Waals surface area contributed by atoms with E-state index in [0.29, 0.717) is 16.3 Å². The third kappa shape index (κ3) is 3.10. The number of nitrogen functional groups attached to an aromatic ring is 1. The van der Waals surface area contributed by atoms with Crippen molar-refractivity contribution in [3.8, 4) is 0 Å². The van der Waals surface area contributed by atoms with Crippen molar-refractivity contribution >= 4 is 28.8 Å². The molecule has 0 unspecified atom stereocenters. The molecule has 3 nitrogen and oxygen atoms in total. The van der Waals surface area contributed by atoms with Crippen LogP contribution in [0.3, 0.4) is 0 Å². The molecular formula is C15H20ClNO2. The summed E-state index contributed by atoms with van der Waals surface area (Å²) in [6.07, 6.45) is 0. The quantitative estimate of drug-likeness (QED) is 0.633. The van der Waals surface area contributed by atoms with Gasteiger partial charge in [-0.15, -0.1) is 0 Å². The van der Waals surface area contributed by atoms with Gasteiger partial charge in [-0.3, -0.25) is 0 Å². The second-order valence-electron chi connectivity index (χ2n) is 5.69. The fourth-order valence-electron chi connectivity index (χ4n) is 2.24. The first-order valence-electron chi connectivity index (χ1n) is 6.07. The van der Waals surface area contributed by atoms with Gasteiger partial charge in [0.25, 0.3) is 0 Å². The summed E-state index contributed by atoms with van der Waals surface area (Å²) in [7, 11) is 0. The van der Waals surface area contributed by atoms with Gasteiger partial charge in [0.1, 0.15) is 0 Å². The first-order chi connectivity index (χ1) is 8.57. The van der Waals surface area contributed by atoms with E-state index in [4.69, 9.17) is 17.3 Å². The normalized spacial score (nSPS) is 13.2. The zero-order chi connectivity index (χ0) is 15.0. The van der Waals surface area contributed by atoms with E-state index in [0.717, 1.165) is 16.7 Å².